The highest BCUT2D eigenvalue weighted by Crippen LogP contribution is 2.22. The van der Waals surface area contributed by atoms with Crippen molar-refractivity contribution in [2.75, 3.05) is 0 Å². The van der Waals surface area contributed by atoms with E-state index in [1.54, 1.807) is 6.20 Å². The van der Waals surface area contributed by atoms with Crippen LogP contribution in [0.5, 0.6) is 0 Å². The maximum Gasteiger partial charge on any atom is 0.263 e. The molecule has 0 atom stereocenters. The highest BCUT2D eigenvalue weighted by molar-refractivity contribution is 9.10. The maximum absolute atomic E-state index is 12.0. The largest absolute Gasteiger partial charge is 0.328 e. The molecule has 18 heavy (non-hydrogen) atoms. The van der Waals surface area contributed by atoms with E-state index >= 15 is 0 Å². The van der Waals surface area contributed by atoms with Gasteiger partial charge in [0.05, 0.1) is 15.4 Å². The Bertz CT molecular complexity index is 700. The number of nitrogens with one attached hydrogen (secondary N) is 2. The van der Waals surface area contributed by atoms with E-state index in [1.807, 2.05) is 6.92 Å². The van der Waals surface area contributed by atoms with Gasteiger partial charge in [0.15, 0.2) is 0 Å². The number of halogens is 1. The van der Waals surface area contributed by atoms with Crippen LogP contribution in [0.2, 0.25) is 0 Å². The summed E-state index contributed by atoms with van der Waals surface area (Å²) >= 11 is 3.29. The first-order chi connectivity index (χ1) is 8.56. The van der Waals surface area contributed by atoms with Crippen LogP contribution in [0.25, 0.3) is 10.9 Å². The predicted octanol–water partition coefficient (Wildman–Crippen LogP) is 2.63. The first kappa shape index (κ1) is 13.1. The fraction of sp³-hybridized carbons (Fsp3) is 0.385. The number of H-pyrrole nitrogens is 2. The molecule has 96 valence electrons. The summed E-state index contributed by atoms with van der Waals surface area (Å²) in [5, 5.41) is 0.593. The summed E-state index contributed by atoms with van der Waals surface area (Å²) in [5.74, 6) is 0. The van der Waals surface area contributed by atoms with Crippen LogP contribution >= 0.6 is 15.9 Å². The molecule has 0 aliphatic heterocycles. The third-order valence-corrected chi connectivity index (χ3v) is 3.91. The average Bonchev–Trinajstić information content (AvgIpc) is 2.35. The Balaban J connectivity index is 2.88. The summed E-state index contributed by atoms with van der Waals surface area (Å²) < 4.78 is 0.472. The Morgan fingerprint density at radius 2 is 2.00 bits per heavy atom. The van der Waals surface area contributed by atoms with Crippen molar-refractivity contribution in [2.24, 2.45) is 0 Å². The Morgan fingerprint density at radius 1 is 1.28 bits per heavy atom. The molecule has 5 heteroatoms. The second-order valence-electron chi connectivity index (χ2n) is 4.40. The number of aryl methyl sites for hydroxylation is 2. The molecule has 2 N–H and O–H groups in total. The number of aromatic nitrogens is 2. The number of rotatable bonds is 3. The van der Waals surface area contributed by atoms with Crippen molar-refractivity contribution in [2.45, 2.75) is 33.1 Å². The molecular formula is C13H15BrN2O2. The van der Waals surface area contributed by atoms with Crippen LogP contribution < -0.4 is 11.1 Å². The zero-order chi connectivity index (χ0) is 13.3. The van der Waals surface area contributed by atoms with Crippen LogP contribution in [0, 0.1) is 6.92 Å². The monoisotopic (exact) mass is 310 g/mol. The van der Waals surface area contributed by atoms with Gasteiger partial charge in [-0.05, 0) is 46.8 Å². The lowest BCUT2D eigenvalue weighted by Gasteiger charge is -2.09. The van der Waals surface area contributed by atoms with E-state index in [9.17, 15) is 9.59 Å². The minimum atomic E-state index is -0.178. The molecule has 0 aliphatic carbocycles. The van der Waals surface area contributed by atoms with E-state index in [2.05, 4.69) is 32.8 Å². The van der Waals surface area contributed by atoms with Gasteiger partial charge in [-0.15, -0.1) is 0 Å². The standard InChI is InChI=1S/C13H15BrN2O2/c1-3-4-5-8-9-11(16-13(18)10(8)14)7(2)6-15-12(9)17/h6H,3-5H2,1-2H3,(H,15,17)(H,16,18). The van der Waals surface area contributed by atoms with Crippen molar-refractivity contribution in [3.63, 3.8) is 0 Å². The molecule has 2 aromatic rings. The van der Waals surface area contributed by atoms with E-state index in [0.29, 0.717) is 15.4 Å². The number of hydrogen-bond acceptors (Lipinski definition) is 2. The van der Waals surface area contributed by atoms with Gasteiger partial charge >= 0.3 is 0 Å². The Hall–Kier alpha value is -1.36. The number of unbranched alkanes of at least 4 members (excludes halogenated alkanes) is 1. The van der Waals surface area contributed by atoms with E-state index in [-0.39, 0.29) is 11.1 Å². The highest BCUT2D eigenvalue weighted by atomic mass is 79.9. The normalized spacial score (nSPS) is 11.1. The van der Waals surface area contributed by atoms with E-state index < -0.39 is 0 Å². The third-order valence-electron chi connectivity index (χ3n) is 3.08. The first-order valence-electron chi connectivity index (χ1n) is 5.99. The van der Waals surface area contributed by atoms with E-state index in [1.165, 1.54) is 0 Å². The quantitative estimate of drug-likeness (QED) is 0.915. The summed E-state index contributed by atoms with van der Waals surface area (Å²) in [5.41, 5.74) is 1.98. The zero-order valence-corrected chi connectivity index (χ0v) is 12.0. The minimum Gasteiger partial charge on any atom is -0.328 e. The molecule has 0 radical (unpaired) electrons. The lowest BCUT2D eigenvalue weighted by molar-refractivity contribution is 0.794. The second kappa shape index (κ2) is 5.10. The highest BCUT2D eigenvalue weighted by Gasteiger charge is 2.14. The second-order valence-corrected chi connectivity index (χ2v) is 5.19. The zero-order valence-electron chi connectivity index (χ0n) is 10.4. The summed E-state index contributed by atoms with van der Waals surface area (Å²) in [7, 11) is 0. The van der Waals surface area contributed by atoms with Gasteiger partial charge in [0.2, 0.25) is 0 Å². The fourth-order valence-corrected chi connectivity index (χ4v) is 2.58. The van der Waals surface area contributed by atoms with Crippen molar-refractivity contribution in [1.82, 2.24) is 9.97 Å². The van der Waals surface area contributed by atoms with Crippen molar-refractivity contribution in [1.29, 1.82) is 0 Å². The summed E-state index contributed by atoms with van der Waals surface area (Å²) in [6.45, 7) is 3.95. The van der Waals surface area contributed by atoms with Crippen LogP contribution in [-0.2, 0) is 6.42 Å². The molecule has 2 heterocycles. The predicted molar refractivity (Wildman–Crippen MR) is 76.2 cm³/mol. The van der Waals surface area contributed by atoms with Gasteiger partial charge in [-0.2, -0.15) is 0 Å². The lowest BCUT2D eigenvalue weighted by atomic mass is 10.0. The minimum absolute atomic E-state index is 0.154. The molecule has 0 spiro atoms. The topological polar surface area (TPSA) is 65.7 Å². The molecule has 0 amide bonds. The Labute approximate surface area is 113 Å². The van der Waals surface area contributed by atoms with Crippen molar-refractivity contribution in [3.8, 4) is 0 Å². The molecule has 0 aromatic carbocycles. The molecule has 0 saturated heterocycles. The summed E-state index contributed by atoms with van der Waals surface area (Å²) in [4.78, 5) is 29.3. The molecule has 0 aliphatic rings. The van der Waals surface area contributed by atoms with Gasteiger partial charge in [-0.1, -0.05) is 13.3 Å². The lowest BCUT2D eigenvalue weighted by Crippen LogP contribution is -2.17. The average molecular weight is 311 g/mol. The van der Waals surface area contributed by atoms with Crippen LogP contribution in [0.3, 0.4) is 0 Å². The van der Waals surface area contributed by atoms with Crippen LogP contribution in [0.1, 0.15) is 30.9 Å². The van der Waals surface area contributed by atoms with Crippen molar-refractivity contribution in [3.05, 3.63) is 42.5 Å². The summed E-state index contributed by atoms with van der Waals surface area (Å²) in [6.07, 6.45) is 4.32. The van der Waals surface area contributed by atoms with Gasteiger partial charge in [-0.3, -0.25) is 9.59 Å². The van der Waals surface area contributed by atoms with E-state index in [4.69, 9.17) is 0 Å². The molecular weight excluding hydrogens is 296 g/mol. The van der Waals surface area contributed by atoms with Crippen molar-refractivity contribution >= 4 is 26.8 Å². The smallest absolute Gasteiger partial charge is 0.263 e. The van der Waals surface area contributed by atoms with Gasteiger partial charge < -0.3 is 9.97 Å². The Morgan fingerprint density at radius 3 is 2.67 bits per heavy atom. The molecule has 0 unspecified atom stereocenters. The SMILES string of the molecule is CCCCc1c(Br)c(=O)[nH]c2c(C)c[nH]c(=O)c12. The maximum atomic E-state index is 12.0. The molecule has 4 nitrogen and oxygen atoms in total. The molecule has 0 fully saturated rings. The first-order valence-corrected chi connectivity index (χ1v) is 6.78. The number of pyridine rings is 2. The molecule has 0 bridgehead atoms. The molecule has 2 rings (SSSR count). The fourth-order valence-electron chi connectivity index (χ4n) is 2.08. The van der Waals surface area contributed by atoms with Gasteiger partial charge in [0, 0.05) is 6.20 Å². The van der Waals surface area contributed by atoms with Gasteiger partial charge in [0.25, 0.3) is 11.1 Å². The molecule has 0 saturated carbocycles. The van der Waals surface area contributed by atoms with Crippen LogP contribution in [-0.4, -0.2) is 9.97 Å². The van der Waals surface area contributed by atoms with Crippen molar-refractivity contribution < 1.29 is 0 Å². The molecule has 2 aromatic heterocycles. The Kier molecular flexibility index (Phi) is 3.71. The van der Waals surface area contributed by atoms with Gasteiger partial charge in [0.1, 0.15) is 0 Å². The number of hydrogen-bond donors (Lipinski definition) is 2. The number of aromatic amines is 2. The van der Waals surface area contributed by atoms with Crippen LogP contribution in [0.15, 0.2) is 20.3 Å². The van der Waals surface area contributed by atoms with Crippen LogP contribution in [0.4, 0.5) is 0 Å². The van der Waals surface area contributed by atoms with E-state index in [0.717, 1.165) is 30.4 Å². The number of fused-ring (bicyclic) bond motifs is 1. The summed E-state index contributed by atoms with van der Waals surface area (Å²) in [6, 6.07) is 0. The third kappa shape index (κ3) is 2.14. The van der Waals surface area contributed by atoms with Gasteiger partial charge in [-0.25, -0.2) is 0 Å².